The number of nitrogens with one attached hydrogen (secondary N) is 1. The predicted octanol–water partition coefficient (Wildman–Crippen LogP) is -0.669. The Morgan fingerprint density at radius 1 is 1.56 bits per heavy atom. The van der Waals surface area contributed by atoms with E-state index < -0.39 is 11.5 Å². The van der Waals surface area contributed by atoms with Gasteiger partial charge in [-0.1, -0.05) is 0 Å². The number of rotatable bonds is 7. The van der Waals surface area contributed by atoms with Crippen LogP contribution in [0.25, 0.3) is 0 Å². The lowest BCUT2D eigenvalue weighted by atomic mass is 9.96. The Kier molecular flexibility index (Phi) is 4.26. The van der Waals surface area contributed by atoms with Crippen molar-refractivity contribution in [1.29, 1.82) is 0 Å². The van der Waals surface area contributed by atoms with E-state index in [1.54, 1.807) is 6.92 Å². The van der Waals surface area contributed by atoms with E-state index in [2.05, 4.69) is 5.32 Å². The highest BCUT2D eigenvalue weighted by Gasteiger charge is 2.43. The molecule has 1 amide bonds. The highest BCUT2D eigenvalue weighted by Crippen LogP contribution is 2.37. The quantitative estimate of drug-likeness (QED) is 0.503. The monoisotopic (exact) mass is 230 g/mol. The Labute approximate surface area is 94.1 Å². The number of hydrogen-bond donors (Lipinski definition) is 3. The van der Waals surface area contributed by atoms with Crippen LogP contribution in [0.15, 0.2) is 0 Å². The number of hydrogen-bond acceptors (Lipinski definition) is 4. The zero-order valence-electron chi connectivity index (χ0n) is 9.36. The highest BCUT2D eigenvalue weighted by molar-refractivity contribution is 5.86. The molecule has 1 saturated carbocycles. The van der Waals surface area contributed by atoms with Gasteiger partial charge in [0, 0.05) is 6.54 Å². The van der Waals surface area contributed by atoms with Crippen molar-refractivity contribution in [1.82, 2.24) is 5.32 Å². The van der Waals surface area contributed by atoms with E-state index in [-0.39, 0.29) is 31.6 Å². The first-order valence-electron chi connectivity index (χ1n) is 5.31. The Bertz CT molecular complexity index is 274. The molecule has 1 aliphatic carbocycles. The normalized spacial score (nSPS) is 18.9. The fourth-order valence-corrected chi connectivity index (χ4v) is 1.46. The second-order valence-electron chi connectivity index (χ2n) is 4.26. The van der Waals surface area contributed by atoms with Crippen LogP contribution in [-0.4, -0.2) is 42.3 Å². The maximum atomic E-state index is 11.6. The van der Waals surface area contributed by atoms with Crippen LogP contribution in [0.2, 0.25) is 0 Å². The first-order valence-corrected chi connectivity index (χ1v) is 5.31. The summed E-state index contributed by atoms with van der Waals surface area (Å²) in [6.07, 6.45) is 1.99. The van der Waals surface area contributed by atoms with Gasteiger partial charge >= 0.3 is 5.97 Å². The van der Waals surface area contributed by atoms with Gasteiger partial charge in [-0.25, -0.2) is 4.79 Å². The van der Waals surface area contributed by atoms with Crippen molar-refractivity contribution in [3.8, 4) is 0 Å². The molecule has 1 atom stereocenters. The van der Waals surface area contributed by atoms with Crippen LogP contribution < -0.4 is 11.1 Å². The zero-order chi connectivity index (χ0) is 12.2. The third-order valence-electron chi connectivity index (χ3n) is 2.67. The predicted molar refractivity (Wildman–Crippen MR) is 56.8 cm³/mol. The van der Waals surface area contributed by atoms with Gasteiger partial charge in [0.1, 0.15) is 6.61 Å². The molecule has 0 spiro atoms. The van der Waals surface area contributed by atoms with Gasteiger partial charge < -0.3 is 20.9 Å². The number of carbonyl (C=O) groups excluding carboxylic acids is 1. The molecule has 0 aromatic carbocycles. The molecule has 6 heteroatoms. The smallest absolute Gasteiger partial charge is 0.329 e. The van der Waals surface area contributed by atoms with Gasteiger partial charge in [0.25, 0.3) is 0 Å². The molecule has 1 rings (SSSR count). The molecular formula is C10H18N2O4. The second kappa shape index (κ2) is 5.27. The zero-order valence-corrected chi connectivity index (χ0v) is 9.36. The maximum absolute atomic E-state index is 11.6. The molecule has 4 N–H and O–H groups in total. The van der Waals surface area contributed by atoms with E-state index in [1.165, 1.54) is 0 Å². The second-order valence-corrected chi connectivity index (χ2v) is 4.26. The van der Waals surface area contributed by atoms with Crippen LogP contribution in [0.5, 0.6) is 0 Å². The number of nitrogens with two attached hydrogens (primary N) is 1. The molecule has 0 aliphatic heterocycles. The van der Waals surface area contributed by atoms with Gasteiger partial charge in [-0.15, -0.1) is 0 Å². The van der Waals surface area contributed by atoms with Crippen molar-refractivity contribution < 1.29 is 19.4 Å². The van der Waals surface area contributed by atoms with E-state index >= 15 is 0 Å². The maximum Gasteiger partial charge on any atom is 0.329 e. The molecule has 0 radical (unpaired) electrons. The summed E-state index contributed by atoms with van der Waals surface area (Å²) in [5.74, 6) is -0.950. The van der Waals surface area contributed by atoms with Crippen molar-refractivity contribution in [2.24, 2.45) is 11.7 Å². The van der Waals surface area contributed by atoms with E-state index in [4.69, 9.17) is 15.6 Å². The molecular weight excluding hydrogens is 212 g/mol. The van der Waals surface area contributed by atoms with Crippen molar-refractivity contribution in [2.75, 3.05) is 19.8 Å². The first-order chi connectivity index (χ1) is 7.44. The Hall–Kier alpha value is -1.14. The summed E-state index contributed by atoms with van der Waals surface area (Å²) >= 11 is 0. The third kappa shape index (κ3) is 3.79. The summed E-state index contributed by atoms with van der Waals surface area (Å²) < 4.78 is 4.78. The van der Waals surface area contributed by atoms with Crippen LogP contribution >= 0.6 is 0 Å². The molecule has 0 saturated heterocycles. The van der Waals surface area contributed by atoms with Gasteiger partial charge in [0.2, 0.25) is 5.91 Å². The molecule has 92 valence electrons. The minimum Gasteiger partial charge on any atom is -0.480 e. The molecule has 6 nitrogen and oxygen atoms in total. The van der Waals surface area contributed by atoms with Gasteiger partial charge in [-0.3, -0.25) is 4.79 Å². The van der Waals surface area contributed by atoms with Crippen LogP contribution in [0.1, 0.15) is 19.8 Å². The Balaban J connectivity index is 2.12. The van der Waals surface area contributed by atoms with Crippen molar-refractivity contribution >= 4 is 11.9 Å². The molecule has 1 fully saturated rings. The highest BCUT2D eigenvalue weighted by atomic mass is 16.5. The molecule has 1 aliphatic rings. The molecule has 0 aromatic heterocycles. The summed E-state index contributed by atoms with van der Waals surface area (Å²) in [6, 6.07) is 0. The lowest BCUT2D eigenvalue weighted by Gasteiger charge is -2.22. The topological polar surface area (TPSA) is 102 Å². The van der Waals surface area contributed by atoms with Gasteiger partial charge in [0.15, 0.2) is 0 Å². The Morgan fingerprint density at radius 3 is 2.69 bits per heavy atom. The van der Waals surface area contributed by atoms with E-state index in [0.717, 1.165) is 12.8 Å². The van der Waals surface area contributed by atoms with Gasteiger partial charge in [-0.05, 0) is 25.7 Å². The fourth-order valence-electron chi connectivity index (χ4n) is 1.46. The first kappa shape index (κ1) is 12.9. The van der Waals surface area contributed by atoms with Crippen molar-refractivity contribution in [3.05, 3.63) is 0 Å². The largest absolute Gasteiger partial charge is 0.480 e. The number of ether oxygens (including phenoxy) is 1. The minimum atomic E-state index is -1.02. The third-order valence-corrected chi connectivity index (χ3v) is 2.67. The summed E-state index contributed by atoms with van der Waals surface area (Å²) in [7, 11) is 0. The summed E-state index contributed by atoms with van der Waals surface area (Å²) in [5.41, 5.74) is 5.07. The number of amides is 1. The summed E-state index contributed by atoms with van der Waals surface area (Å²) in [5, 5.41) is 10.9. The van der Waals surface area contributed by atoms with Crippen LogP contribution in [0.3, 0.4) is 0 Å². The van der Waals surface area contributed by atoms with Crippen molar-refractivity contribution in [2.45, 2.75) is 25.3 Å². The molecule has 16 heavy (non-hydrogen) atoms. The summed E-state index contributed by atoms with van der Waals surface area (Å²) in [6.45, 7) is 1.83. The fraction of sp³-hybridized carbons (Fsp3) is 0.800. The van der Waals surface area contributed by atoms with E-state index in [9.17, 15) is 9.59 Å². The average Bonchev–Trinajstić information content (AvgIpc) is 2.99. The molecule has 0 bridgehead atoms. The van der Waals surface area contributed by atoms with E-state index in [0.29, 0.717) is 0 Å². The summed E-state index contributed by atoms with van der Waals surface area (Å²) in [4.78, 5) is 21.8. The van der Waals surface area contributed by atoms with E-state index in [1.807, 2.05) is 0 Å². The SMILES string of the molecule is CC(N)(C(=O)NCCOCC(=O)O)C1CC1. The molecule has 0 aromatic rings. The van der Waals surface area contributed by atoms with Crippen LogP contribution in [0.4, 0.5) is 0 Å². The number of carbonyl (C=O) groups is 2. The van der Waals surface area contributed by atoms with Crippen molar-refractivity contribution in [3.63, 3.8) is 0 Å². The van der Waals surface area contributed by atoms with Gasteiger partial charge in [-0.2, -0.15) is 0 Å². The number of aliphatic carboxylic acids is 1. The standard InChI is InChI=1S/C10H18N2O4/c1-10(11,7-2-3-7)9(15)12-4-5-16-6-8(13)14/h7H,2-6,11H2,1H3,(H,12,15)(H,13,14). The lowest BCUT2D eigenvalue weighted by molar-refractivity contribution is -0.142. The number of carboxylic acids is 1. The minimum absolute atomic E-state index is 0.179. The average molecular weight is 230 g/mol. The number of carboxylic acid groups (broad SMARTS) is 1. The molecule has 1 unspecified atom stereocenters. The Morgan fingerprint density at radius 2 is 2.19 bits per heavy atom. The molecule has 0 heterocycles. The van der Waals surface area contributed by atoms with Crippen LogP contribution in [0, 0.1) is 5.92 Å². The van der Waals surface area contributed by atoms with Crippen LogP contribution in [-0.2, 0) is 14.3 Å². The lowest BCUT2D eigenvalue weighted by Crippen LogP contribution is -2.53. The van der Waals surface area contributed by atoms with Gasteiger partial charge in [0.05, 0.1) is 12.1 Å².